The van der Waals surface area contributed by atoms with E-state index in [-0.39, 0.29) is 34.4 Å². The van der Waals surface area contributed by atoms with Crippen molar-refractivity contribution in [2.45, 2.75) is 83.0 Å². The molecule has 0 bridgehead atoms. The van der Waals surface area contributed by atoms with Crippen LogP contribution in [-0.4, -0.2) is 96.3 Å². The molecule has 4 aromatic rings. The lowest BCUT2D eigenvalue weighted by Crippen LogP contribution is -2.59. The van der Waals surface area contributed by atoms with Crippen LogP contribution >= 0.6 is 23.2 Å². The van der Waals surface area contributed by atoms with E-state index in [4.69, 9.17) is 47.1 Å². The molecule has 5 atom stereocenters. The molecular formula is C32H36Cl2FN5O9. The molecule has 2 aromatic carbocycles. The van der Waals surface area contributed by atoms with Gasteiger partial charge in [0.25, 0.3) is 0 Å². The van der Waals surface area contributed by atoms with Gasteiger partial charge >= 0.3 is 12.0 Å². The Kier molecular flexibility index (Phi) is 12.2. The fourth-order valence-electron chi connectivity index (χ4n) is 5.51. The van der Waals surface area contributed by atoms with Crippen LogP contribution in [0.3, 0.4) is 0 Å². The molecule has 264 valence electrons. The average molecular weight is 725 g/mol. The van der Waals surface area contributed by atoms with Crippen molar-refractivity contribution in [3.8, 4) is 5.75 Å². The Bertz CT molecular complexity index is 1790. The average Bonchev–Trinajstić information content (AvgIpc) is 3.68. The van der Waals surface area contributed by atoms with Crippen LogP contribution in [0.1, 0.15) is 46.7 Å². The third-order valence-corrected chi connectivity index (χ3v) is 8.90. The highest BCUT2D eigenvalue weighted by Gasteiger charge is 2.44. The number of nitrogens with zero attached hydrogens (tertiary/aromatic N) is 5. The SMILES string of the molecule is CO[C@H]1O[C@H](COC(=O)c2cc(Cl)c(OCc3nc4ccccc4n3CCCc3cn(CCCC(=O)F)nn3)c(Cl)c2C)[C@@H](O)[C@H](O)[C@H]1O. The second-order valence-corrected chi connectivity index (χ2v) is 12.3. The number of halogens is 3. The summed E-state index contributed by atoms with van der Waals surface area (Å²) in [6.07, 6.45) is -3.69. The van der Waals surface area contributed by atoms with Crippen molar-refractivity contribution in [2.75, 3.05) is 13.7 Å². The second-order valence-electron chi connectivity index (χ2n) is 11.5. The lowest BCUT2D eigenvalue weighted by Gasteiger charge is -2.39. The van der Waals surface area contributed by atoms with E-state index in [9.17, 15) is 29.3 Å². The van der Waals surface area contributed by atoms with Gasteiger partial charge in [0.2, 0.25) is 0 Å². The lowest BCUT2D eigenvalue weighted by atomic mass is 9.99. The fourth-order valence-corrected chi connectivity index (χ4v) is 6.07. The maximum Gasteiger partial charge on any atom is 0.338 e. The maximum atomic E-state index is 13.0. The minimum Gasteiger partial charge on any atom is -0.483 e. The first-order valence-corrected chi connectivity index (χ1v) is 16.3. The van der Waals surface area contributed by atoms with Crippen LogP contribution in [0.2, 0.25) is 10.0 Å². The molecule has 49 heavy (non-hydrogen) atoms. The van der Waals surface area contributed by atoms with Gasteiger partial charge in [-0.15, -0.1) is 5.10 Å². The number of ether oxygens (including phenoxy) is 4. The molecule has 0 amide bonds. The highest BCUT2D eigenvalue weighted by molar-refractivity contribution is 6.38. The van der Waals surface area contributed by atoms with E-state index in [2.05, 4.69) is 10.3 Å². The number of hydrogen-bond donors (Lipinski definition) is 3. The Balaban J connectivity index is 1.23. The maximum absolute atomic E-state index is 13.0. The van der Waals surface area contributed by atoms with Gasteiger partial charge in [-0.1, -0.05) is 40.5 Å². The number of aliphatic hydroxyl groups is 3. The number of methoxy groups -OCH3 is 1. The molecule has 17 heteroatoms. The van der Waals surface area contributed by atoms with E-state index in [0.717, 1.165) is 16.7 Å². The van der Waals surface area contributed by atoms with Crippen molar-refractivity contribution >= 4 is 46.2 Å². The van der Waals surface area contributed by atoms with Crippen molar-refractivity contribution in [1.82, 2.24) is 24.5 Å². The van der Waals surface area contributed by atoms with Gasteiger partial charge in [-0.05, 0) is 49.9 Å². The number of para-hydroxylation sites is 2. The zero-order valence-electron chi connectivity index (χ0n) is 26.7. The van der Waals surface area contributed by atoms with Gasteiger partial charge in [0.05, 0.1) is 32.3 Å². The molecular weight excluding hydrogens is 688 g/mol. The molecule has 1 saturated heterocycles. The number of rotatable bonds is 15. The zero-order valence-corrected chi connectivity index (χ0v) is 28.2. The Morgan fingerprint density at radius 1 is 1.08 bits per heavy atom. The minimum atomic E-state index is -1.57. The molecule has 0 unspecified atom stereocenters. The quantitative estimate of drug-likeness (QED) is 0.120. The van der Waals surface area contributed by atoms with Crippen LogP contribution in [0.25, 0.3) is 11.0 Å². The van der Waals surface area contributed by atoms with E-state index in [0.29, 0.717) is 43.7 Å². The van der Waals surface area contributed by atoms with Gasteiger partial charge in [0.1, 0.15) is 43.5 Å². The molecule has 0 saturated carbocycles. The minimum absolute atomic E-state index is 0.00653. The first kappa shape index (κ1) is 36.6. The van der Waals surface area contributed by atoms with Gasteiger partial charge in [0, 0.05) is 32.8 Å². The number of benzene rings is 2. The van der Waals surface area contributed by atoms with Crippen molar-refractivity contribution in [3.63, 3.8) is 0 Å². The summed E-state index contributed by atoms with van der Waals surface area (Å²) in [5.74, 6) is -0.0511. The zero-order chi connectivity index (χ0) is 35.2. The number of aryl methyl sites for hydroxylation is 3. The summed E-state index contributed by atoms with van der Waals surface area (Å²) in [7, 11) is 1.26. The van der Waals surface area contributed by atoms with E-state index < -0.39 is 49.3 Å². The van der Waals surface area contributed by atoms with Crippen molar-refractivity contribution in [3.05, 3.63) is 69.2 Å². The molecule has 1 aliphatic rings. The molecule has 0 spiro atoms. The van der Waals surface area contributed by atoms with Crippen LogP contribution in [-0.2, 0) is 45.1 Å². The molecule has 1 aliphatic heterocycles. The van der Waals surface area contributed by atoms with Gasteiger partial charge in [-0.25, -0.2) is 9.78 Å². The van der Waals surface area contributed by atoms with Gasteiger partial charge < -0.3 is 38.8 Å². The van der Waals surface area contributed by atoms with Crippen molar-refractivity contribution in [1.29, 1.82) is 0 Å². The van der Waals surface area contributed by atoms with Gasteiger partial charge in [-0.2, -0.15) is 4.39 Å². The number of carbonyl (C=O) groups excluding carboxylic acids is 2. The number of fused-ring (bicyclic) bond motifs is 1. The fraction of sp³-hybridized carbons (Fsp3) is 0.469. The number of aliphatic hydroxyl groups excluding tert-OH is 3. The third-order valence-electron chi connectivity index (χ3n) is 8.16. The summed E-state index contributed by atoms with van der Waals surface area (Å²) in [5.41, 5.74) is 2.82. The van der Waals surface area contributed by atoms with Crippen LogP contribution in [0.5, 0.6) is 5.75 Å². The first-order chi connectivity index (χ1) is 23.5. The van der Waals surface area contributed by atoms with Crippen LogP contribution in [0.4, 0.5) is 4.39 Å². The predicted octanol–water partition coefficient (Wildman–Crippen LogP) is 3.34. The number of esters is 1. The Morgan fingerprint density at radius 3 is 2.61 bits per heavy atom. The number of imidazole rings is 1. The normalized spacial score (nSPS) is 20.9. The standard InChI is InChI=1S/C32H36Cl2FN5O9/c1-17-19(31(45)48-15-23-27(42)28(43)29(44)32(46-2)49-23)13-20(33)30(26(17)34)47-16-25-36-21-8-3-4-9-22(21)40(25)12-5-7-18-14-39(38-37-18)11-6-10-24(35)41/h3-4,8-9,13-14,23,27-29,32,42-44H,5-7,10-12,15-16H2,1-2H3/t23-,27-,28+,29-,32+/m1/s1. The van der Waals surface area contributed by atoms with Crippen LogP contribution in [0, 0.1) is 6.92 Å². The number of aromatic nitrogens is 5. The Morgan fingerprint density at radius 2 is 1.86 bits per heavy atom. The summed E-state index contributed by atoms with van der Waals surface area (Å²) < 4.78 is 37.9. The molecule has 5 rings (SSSR count). The van der Waals surface area contributed by atoms with Crippen molar-refractivity contribution in [2.24, 2.45) is 0 Å². The molecule has 0 aliphatic carbocycles. The predicted molar refractivity (Wildman–Crippen MR) is 173 cm³/mol. The molecule has 3 N–H and O–H groups in total. The molecule has 1 fully saturated rings. The first-order valence-electron chi connectivity index (χ1n) is 15.5. The second kappa shape index (κ2) is 16.3. The number of carbonyl (C=O) groups is 2. The smallest absolute Gasteiger partial charge is 0.338 e. The van der Waals surface area contributed by atoms with Crippen LogP contribution in [0.15, 0.2) is 36.5 Å². The van der Waals surface area contributed by atoms with E-state index in [1.807, 2.05) is 28.8 Å². The van der Waals surface area contributed by atoms with Crippen LogP contribution < -0.4 is 4.74 Å². The summed E-state index contributed by atoms with van der Waals surface area (Å²) in [6, 6.07) is 7.66. The summed E-state index contributed by atoms with van der Waals surface area (Å²) in [4.78, 5) is 28.3. The third kappa shape index (κ3) is 8.55. The lowest BCUT2D eigenvalue weighted by molar-refractivity contribution is -0.294. The monoisotopic (exact) mass is 723 g/mol. The summed E-state index contributed by atoms with van der Waals surface area (Å²) in [6.45, 7) is 2.13. The largest absolute Gasteiger partial charge is 0.483 e. The highest BCUT2D eigenvalue weighted by Crippen LogP contribution is 2.38. The van der Waals surface area contributed by atoms with Crippen molar-refractivity contribution < 1.29 is 48.2 Å². The summed E-state index contributed by atoms with van der Waals surface area (Å²) >= 11 is 13.2. The van der Waals surface area contributed by atoms with E-state index >= 15 is 0 Å². The molecule has 14 nitrogen and oxygen atoms in total. The Hall–Kier alpha value is -3.70. The molecule has 3 heterocycles. The molecule has 0 radical (unpaired) electrons. The Labute approximate surface area is 290 Å². The number of hydrogen-bond acceptors (Lipinski definition) is 12. The molecule has 2 aromatic heterocycles. The summed E-state index contributed by atoms with van der Waals surface area (Å²) in [5, 5.41) is 38.7. The van der Waals surface area contributed by atoms with Gasteiger partial charge in [-0.3, -0.25) is 9.48 Å². The van der Waals surface area contributed by atoms with E-state index in [1.165, 1.54) is 13.2 Å². The highest BCUT2D eigenvalue weighted by atomic mass is 35.5. The van der Waals surface area contributed by atoms with Gasteiger partial charge in [0.15, 0.2) is 12.0 Å². The topological polar surface area (TPSA) is 180 Å². The van der Waals surface area contributed by atoms with E-state index in [1.54, 1.807) is 17.8 Å².